The van der Waals surface area contributed by atoms with Crippen LogP contribution in [-0.2, 0) is 29.5 Å². The largest absolute Gasteiger partial charge is 0.494 e. The van der Waals surface area contributed by atoms with E-state index in [4.69, 9.17) is 30.9 Å². The number of methoxy groups -OCH3 is 2. The molecule has 5 rings (SSSR count). The lowest BCUT2D eigenvalue weighted by atomic mass is 10.1. The number of nitrogens with zero attached hydrogens (tertiary/aromatic N) is 4. The summed E-state index contributed by atoms with van der Waals surface area (Å²) in [4.78, 5) is 16.8. The first-order valence-electron chi connectivity index (χ1n) is 13.1. The fourth-order valence-corrected chi connectivity index (χ4v) is 5.69. The van der Waals surface area contributed by atoms with E-state index >= 15 is 0 Å². The van der Waals surface area contributed by atoms with E-state index in [-0.39, 0.29) is 23.4 Å². The van der Waals surface area contributed by atoms with Crippen molar-refractivity contribution in [3.8, 4) is 34.5 Å². The molecule has 0 radical (unpaired) electrons. The predicted octanol–water partition coefficient (Wildman–Crippen LogP) is 3.94. The fourth-order valence-electron chi connectivity index (χ4n) is 4.68. The van der Waals surface area contributed by atoms with E-state index in [1.807, 2.05) is 22.9 Å². The third kappa shape index (κ3) is 6.08. The van der Waals surface area contributed by atoms with Crippen LogP contribution in [0.15, 0.2) is 41.4 Å². The topological polar surface area (TPSA) is 145 Å². The van der Waals surface area contributed by atoms with E-state index in [1.54, 1.807) is 26.5 Å². The van der Waals surface area contributed by atoms with Crippen LogP contribution in [0.4, 0.5) is 11.5 Å². The number of fused-ring (bicyclic) bond motifs is 3. The summed E-state index contributed by atoms with van der Waals surface area (Å²) in [5.74, 6) is 1.71. The number of hydrogen-bond acceptors (Lipinski definition) is 10. The quantitative estimate of drug-likeness (QED) is 0.0874. The first kappa shape index (κ1) is 29.4. The second kappa shape index (κ2) is 12.8. The molecule has 0 aliphatic heterocycles. The molecule has 1 amide bonds. The smallest absolute Gasteiger partial charge is 0.230 e. The summed E-state index contributed by atoms with van der Waals surface area (Å²) in [7, 11) is 4.75. The van der Waals surface area contributed by atoms with Gasteiger partial charge in [0.05, 0.1) is 56.0 Å². The fraction of sp³-hybridized carbons (Fsp3) is 0.321. The second-order valence-electron chi connectivity index (χ2n) is 9.41. The highest BCUT2D eigenvalue weighted by Crippen LogP contribution is 2.45. The molecule has 1 aromatic carbocycles. The maximum atomic E-state index is 12.2. The zero-order valence-electron chi connectivity index (χ0n) is 23.3. The molecule has 0 fully saturated rings. The van der Waals surface area contributed by atoms with E-state index in [9.17, 15) is 15.0 Å². The van der Waals surface area contributed by atoms with Crippen molar-refractivity contribution in [2.75, 3.05) is 45.0 Å². The van der Waals surface area contributed by atoms with Gasteiger partial charge in [0, 0.05) is 43.4 Å². The Balaban J connectivity index is 1.21. The molecule has 0 bridgehead atoms. The molecule has 14 heteroatoms. The molecule has 12 nitrogen and oxygen atoms in total. The number of benzene rings is 1. The van der Waals surface area contributed by atoms with E-state index in [0.717, 1.165) is 34.1 Å². The highest BCUT2D eigenvalue weighted by molar-refractivity contribution is 8.00. The molecule has 0 unspecified atom stereocenters. The van der Waals surface area contributed by atoms with Crippen molar-refractivity contribution < 1.29 is 29.2 Å². The van der Waals surface area contributed by atoms with Gasteiger partial charge in [-0.3, -0.25) is 14.0 Å². The number of hydrogen-bond donors (Lipinski definition) is 4. The van der Waals surface area contributed by atoms with Crippen LogP contribution in [-0.4, -0.2) is 75.2 Å². The van der Waals surface area contributed by atoms with Crippen LogP contribution in [0, 0.1) is 0 Å². The lowest BCUT2D eigenvalue weighted by molar-refractivity contribution is -0.118. The van der Waals surface area contributed by atoms with Crippen LogP contribution in [0.2, 0.25) is 5.15 Å². The van der Waals surface area contributed by atoms with E-state index < -0.39 is 0 Å². The number of anilines is 2. The van der Waals surface area contributed by atoms with Crippen LogP contribution in [0.5, 0.6) is 23.3 Å². The number of halogens is 1. The monoisotopic (exact) mass is 614 g/mol. The van der Waals surface area contributed by atoms with E-state index in [2.05, 4.69) is 15.6 Å². The molecule has 4 N–H and O–H groups in total. The number of ether oxygens (including phenoxy) is 3. The summed E-state index contributed by atoms with van der Waals surface area (Å²) in [6, 6.07) is 9.01. The van der Waals surface area contributed by atoms with Gasteiger partial charge in [-0.15, -0.1) is 11.8 Å². The average molecular weight is 615 g/mol. The predicted molar refractivity (Wildman–Crippen MR) is 159 cm³/mol. The van der Waals surface area contributed by atoms with Gasteiger partial charge in [-0.25, -0.2) is 4.98 Å². The Morgan fingerprint density at radius 1 is 1.17 bits per heavy atom. The maximum Gasteiger partial charge on any atom is 0.230 e. The Morgan fingerprint density at radius 3 is 2.67 bits per heavy atom. The average Bonchev–Trinajstić information content (AvgIpc) is 3.60. The Hall–Kier alpha value is -4.07. The lowest BCUT2D eigenvalue weighted by Crippen LogP contribution is -2.29. The molecule has 0 spiro atoms. The SMILES string of the molecule is COc1cc2c(cc1OC)-c1c(c(Nc3cccnc3Cl)nn1CCOCCNC(=O)CSc1cc(O)n(C)c1O)C2. The van der Waals surface area contributed by atoms with Gasteiger partial charge in [-0.1, -0.05) is 11.6 Å². The summed E-state index contributed by atoms with van der Waals surface area (Å²) in [6.45, 7) is 1.48. The number of aromatic nitrogens is 4. The number of pyridine rings is 1. The number of carbonyl (C=O) groups is 1. The molecule has 1 aliphatic carbocycles. The number of rotatable bonds is 13. The van der Waals surface area contributed by atoms with Gasteiger partial charge in [-0.05, 0) is 29.8 Å². The third-order valence-corrected chi connectivity index (χ3v) is 8.13. The van der Waals surface area contributed by atoms with Crippen molar-refractivity contribution in [1.82, 2.24) is 24.6 Å². The van der Waals surface area contributed by atoms with Crippen molar-refractivity contribution in [1.29, 1.82) is 0 Å². The zero-order valence-corrected chi connectivity index (χ0v) is 24.9. The van der Waals surface area contributed by atoms with Crippen LogP contribution >= 0.6 is 23.4 Å². The Kier molecular flexibility index (Phi) is 9.00. The minimum Gasteiger partial charge on any atom is -0.494 e. The Morgan fingerprint density at radius 2 is 1.95 bits per heavy atom. The van der Waals surface area contributed by atoms with Crippen LogP contribution in [0.25, 0.3) is 11.3 Å². The summed E-state index contributed by atoms with van der Waals surface area (Å²) in [5, 5.41) is 30.9. The van der Waals surface area contributed by atoms with Crippen molar-refractivity contribution in [3.63, 3.8) is 0 Å². The van der Waals surface area contributed by atoms with E-state index in [0.29, 0.717) is 65.8 Å². The highest BCUT2D eigenvalue weighted by atomic mass is 35.5. The van der Waals surface area contributed by atoms with Crippen molar-refractivity contribution >= 4 is 40.8 Å². The number of nitrogens with one attached hydrogen (secondary N) is 2. The van der Waals surface area contributed by atoms with Crippen molar-refractivity contribution in [2.24, 2.45) is 7.05 Å². The minimum absolute atomic E-state index is 0.0715. The zero-order chi connectivity index (χ0) is 29.8. The van der Waals surface area contributed by atoms with Crippen LogP contribution in [0.3, 0.4) is 0 Å². The number of aromatic hydroxyl groups is 2. The van der Waals surface area contributed by atoms with Gasteiger partial charge in [-0.2, -0.15) is 5.10 Å². The molecule has 0 saturated heterocycles. The van der Waals surface area contributed by atoms with Gasteiger partial charge in [0.25, 0.3) is 0 Å². The molecular formula is C28H31ClN6O6S. The number of amides is 1. The van der Waals surface area contributed by atoms with Crippen molar-refractivity contribution in [2.45, 2.75) is 17.9 Å². The second-order valence-corrected chi connectivity index (χ2v) is 10.8. The molecule has 0 atom stereocenters. The Bertz CT molecular complexity index is 1610. The van der Waals surface area contributed by atoms with Crippen molar-refractivity contribution in [3.05, 3.63) is 52.8 Å². The first-order chi connectivity index (χ1) is 20.3. The lowest BCUT2D eigenvalue weighted by Gasteiger charge is -2.12. The summed E-state index contributed by atoms with van der Waals surface area (Å²) >= 11 is 7.44. The molecular weight excluding hydrogens is 584 g/mol. The standard InChI is InChI=1S/C28H31ClN6O6S/c1-34-24(37)14-22(28(34)38)42-15-23(36)30-7-9-41-10-8-35-25-17-13-21(40-3)20(39-2)12-16(17)11-18(25)27(33-35)32-19-5-4-6-31-26(19)29/h4-6,12-14,37-38H,7-11,15H2,1-3H3,(H,30,36)(H,32,33). The van der Waals surface area contributed by atoms with Gasteiger partial charge in [0.15, 0.2) is 28.3 Å². The molecule has 3 heterocycles. The maximum absolute atomic E-state index is 12.2. The van der Waals surface area contributed by atoms with Crippen LogP contribution in [0.1, 0.15) is 11.1 Å². The molecule has 1 aliphatic rings. The van der Waals surface area contributed by atoms with Crippen LogP contribution < -0.4 is 20.1 Å². The molecule has 0 saturated carbocycles. The normalized spacial score (nSPS) is 11.7. The Labute approximate surface area is 251 Å². The molecule has 4 aromatic rings. The molecule has 222 valence electrons. The summed E-state index contributed by atoms with van der Waals surface area (Å²) in [5.41, 5.74) is 4.72. The molecule has 42 heavy (non-hydrogen) atoms. The first-order valence-corrected chi connectivity index (χ1v) is 14.4. The van der Waals surface area contributed by atoms with Gasteiger partial charge in [0.1, 0.15) is 0 Å². The molecule has 3 aromatic heterocycles. The number of thioether (sulfide) groups is 1. The third-order valence-electron chi connectivity index (χ3n) is 6.81. The summed E-state index contributed by atoms with van der Waals surface area (Å²) in [6.07, 6.45) is 2.28. The van der Waals surface area contributed by atoms with Gasteiger partial charge in [0.2, 0.25) is 11.8 Å². The van der Waals surface area contributed by atoms with E-state index in [1.165, 1.54) is 17.7 Å². The van der Waals surface area contributed by atoms with Gasteiger partial charge >= 0.3 is 0 Å². The van der Waals surface area contributed by atoms with Gasteiger partial charge < -0.3 is 35.1 Å². The minimum atomic E-state index is -0.206. The highest BCUT2D eigenvalue weighted by Gasteiger charge is 2.30. The summed E-state index contributed by atoms with van der Waals surface area (Å²) < 4.78 is 20.0. The number of carbonyl (C=O) groups excluding carboxylic acids is 1.